The molecular formula is C24H31N5O. The van der Waals surface area contributed by atoms with Crippen molar-refractivity contribution in [3.8, 4) is 11.1 Å². The number of benzene rings is 1. The first-order valence-corrected chi connectivity index (χ1v) is 11.0. The highest BCUT2D eigenvalue weighted by atomic mass is 16.2. The quantitative estimate of drug-likeness (QED) is 0.606. The molecule has 0 bridgehead atoms. The average Bonchev–Trinajstić information content (AvgIpc) is 3.20. The van der Waals surface area contributed by atoms with Gasteiger partial charge in [0, 0.05) is 36.3 Å². The van der Waals surface area contributed by atoms with Crippen molar-refractivity contribution in [1.29, 1.82) is 0 Å². The number of tetrazole rings is 1. The van der Waals surface area contributed by atoms with Crippen LogP contribution in [0, 0.1) is 5.41 Å². The van der Waals surface area contributed by atoms with Crippen molar-refractivity contribution in [2.24, 2.45) is 5.41 Å². The first kappa shape index (κ1) is 20.5. The van der Waals surface area contributed by atoms with E-state index < -0.39 is 0 Å². The number of fused-ring (bicyclic) bond motifs is 1. The maximum absolute atomic E-state index is 13.4. The molecule has 2 aromatic heterocycles. The zero-order valence-corrected chi connectivity index (χ0v) is 18.2. The monoisotopic (exact) mass is 405 g/mol. The minimum atomic E-state index is -0.0401. The topological polar surface area (TPSA) is 63.4 Å². The zero-order valence-electron chi connectivity index (χ0n) is 18.2. The molecule has 1 aliphatic carbocycles. The van der Waals surface area contributed by atoms with E-state index in [2.05, 4.69) is 59.4 Å². The SMILES string of the molecule is CC(C)(C)CC(=O)N(Cc1cc(-c2ccccc2)cn2nnnc12)C1CCCCC1. The number of carbonyl (C=O) groups is 1. The molecule has 0 spiro atoms. The Morgan fingerprint density at radius 2 is 1.83 bits per heavy atom. The molecular weight excluding hydrogens is 374 g/mol. The molecule has 4 rings (SSSR count). The van der Waals surface area contributed by atoms with Crippen molar-refractivity contribution >= 4 is 11.6 Å². The van der Waals surface area contributed by atoms with Crippen molar-refractivity contribution in [2.75, 3.05) is 0 Å². The fourth-order valence-electron chi connectivity index (χ4n) is 4.37. The molecule has 1 amide bonds. The van der Waals surface area contributed by atoms with Gasteiger partial charge in [0.2, 0.25) is 5.91 Å². The van der Waals surface area contributed by atoms with Crippen molar-refractivity contribution in [1.82, 2.24) is 24.9 Å². The number of rotatable bonds is 5. The second-order valence-electron chi connectivity index (χ2n) is 9.62. The van der Waals surface area contributed by atoms with E-state index in [0.717, 1.165) is 35.2 Å². The van der Waals surface area contributed by atoms with Crippen LogP contribution in [0.2, 0.25) is 0 Å². The summed E-state index contributed by atoms with van der Waals surface area (Å²) in [5, 5.41) is 12.3. The van der Waals surface area contributed by atoms with Gasteiger partial charge in [0.15, 0.2) is 5.65 Å². The van der Waals surface area contributed by atoms with Crippen molar-refractivity contribution in [2.45, 2.75) is 71.9 Å². The summed E-state index contributed by atoms with van der Waals surface area (Å²) >= 11 is 0. The Hall–Kier alpha value is -2.76. The van der Waals surface area contributed by atoms with Crippen LogP contribution in [0.5, 0.6) is 0 Å². The Kier molecular flexibility index (Phi) is 5.84. The van der Waals surface area contributed by atoms with Gasteiger partial charge in [-0.05, 0) is 40.3 Å². The first-order valence-electron chi connectivity index (χ1n) is 11.0. The highest BCUT2D eigenvalue weighted by Gasteiger charge is 2.29. The van der Waals surface area contributed by atoms with Crippen molar-refractivity contribution in [3.63, 3.8) is 0 Å². The molecule has 0 N–H and O–H groups in total. The summed E-state index contributed by atoms with van der Waals surface area (Å²) in [7, 11) is 0. The molecule has 2 heterocycles. The second kappa shape index (κ2) is 8.54. The molecule has 1 fully saturated rings. The number of aromatic nitrogens is 4. The van der Waals surface area contributed by atoms with Crippen LogP contribution in [0.15, 0.2) is 42.6 Å². The van der Waals surface area contributed by atoms with Crippen LogP contribution in [0.3, 0.4) is 0 Å². The summed E-state index contributed by atoms with van der Waals surface area (Å²) in [6.45, 7) is 6.92. The first-order chi connectivity index (χ1) is 14.4. The van der Waals surface area contributed by atoms with E-state index in [1.54, 1.807) is 4.52 Å². The highest BCUT2D eigenvalue weighted by molar-refractivity contribution is 5.77. The predicted molar refractivity (Wildman–Crippen MR) is 118 cm³/mol. The average molecular weight is 406 g/mol. The molecule has 0 unspecified atom stereocenters. The van der Waals surface area contributed by atoms with Gasteiger partial charge in [0.05, 0.1) is 0 Å². The number of amides is 1. The molecule has 0 atom stereocenters. The molecule has 0 saturated heterocycles. The van der Waals surface area contributed by atoms with Gasteiger partial charge < -0.3 is 4.90 Å². The number of nitrogens with zero attached hydrogens (tertiary/aromatic N) is 5. The minimum Gasteiger partial charge on any atom is -0.335 e. The molecule has 1 aliphatic rings. The van der Waals surface area contributed by atoms with Crippen LogP contribution in [-0.2, 0) is 11.3 Å². The highest BCUT2D eigenvalue weighted by Crippen LogP contribution is 2.29. The van der Waals surface area contributed by atoms with Crippen LogP contribution >= 0.6 is 0 Å². The molecule has 158 valence electrons. The van der Waals surface area contributed by atoms with Gasteiger partial charge in [-0.15, -0.1) is 5.10 Å². The van der Waals surface area contributed by atoms with Gasteiger partial charge in [0.1, 0.15) is 0 Å². The van der Waals surface area contributed by atoms with Gasteiger partial charge in [0.25, 0.3) is 0 Å². The number of pyridine rings is 1. The van der Waals surface area contributed by atoms with E-state index in [-0.39, 0.29) is 11.3 Å². The molecule has 6 heteroatoms. The summed E-state index contributed by atoms with van der Waals surface area (Å²) in [4.78, 5) is 15.5. The zero-order chi connectivity index (χ0) is 21.1. The lowest BCUT2D eigenvalue weighted by atomic mass is 9.89. The molecule has 6 nitrogen and oxygen atoms in total. The number of carbonyl (C=O) groups excluding carboxylic acids is 1. The molecule has 30 heavy (non-hydrogen) atoms. The molecule has 1 aromatic carbocycles. The van der Waals surface area contributed by atoms with Gasteiger partial charge in [-0.1, -0.05) is 70.4 Å². The third-order valence-corrected chi connectivity index (χ3v) is 5.84. The fraction of sp³-hybridized carbons (Fsp3) is 0.500. The molecule has 0 radical (unpaired) electrons. The Morgan fingerprint density at radius 3 is 2.53 bits per heavy atom. The summed E-state index contributed by atoms with van der Waals surface area (Å²) < 4.78 is 1.73. The third kappa shape index (κ3) is 4.69. The predicted octanol–water partition coefficient (Wildman–Crippen LogP) is 4.89. The van der Waals surface area contributed by atoms with E-state index in [9.17, 15) is 4.79 Å². The van der Waals surface area contributed by atoms with Crippen LogP contribution in [0.4, 0.5) is 0 Å². The van der Waals surface area contributed by atoms with E-state index in [1.807, 2.05) is 24.4 Å². The van der Waals surface area contributed by atoms with Gasteiger partial charge in [-0.3, -0.25) is 4.79 Å². The summed E-state index contributed by atoms with van der Waals surface area (Å²) in [6.07, 6.45) is 8.30. The number of hydrogen-bond acceptors (Lipinski definition) is 4. The summed E-state index contributed by atoms with van der Waals surface area (Å²) in [6, 6.07) is 12.7. The molecule has 1 saturated carbocycles. The van der Waals surface area contributed by atoms with E-state index in [4.69, 9.17) is 0 Å². The maximum Gasteiger partial charge on any atom is 0.223 e. The van der Waals surface area contributed by atoms with Gasteiger partial charge in [-0.2, -0.15) is 4.52 Å². The van der Waals surface area contributed by atoms with Crippen LogP contribution in [0.1, 0.15) is 64.9 Å². The number of hydrogen-bond donors (Lipinski definition) is 0. The largest absolute Gasteiger partial charge is 0.335 e. The second-order valence-corrected chi connectivity index (χ2v) is 9.62. The van der Waals surface area contributed by atoms with Gasteiger partial charge >= 0.3 is 0 Å². The standard InChI is InChI=1S/C24H31N5O/c1-24(2,3)15-22(30)28(21-12-8-5-9-13-21)16-20-14-19(18-10-6-4-7-11-18)17-29-23(20)25-26-27-29/h4,6-7,10-11,14,17,21H,5,8-9,12-13,15-16H2,1-3H3. The molecule has 3 aromatic rings. The minimum absolute atomic E-state index is 0.0401. The Morgan fingerprint density at radius 1 is 1.10 bits per heavy atom. The molecule has 0 aliphatic heterocycles. The van der Waals surface area contributed by atoms with Gasteiger partial charge in [-0.25, -0.2) is 0 Å². The fourth-order valence-corrected chi connectivity index (χ4v) is 4.37. The lowest BCUT2D eigenvalue weighted by molar-refractivity contribution is -0.136. The van der Waals surface area contributed by atoms with Crippen LogP contribution in [0.25, 0.3) is 16.8 Å². The van der Waals surface area contributed by atoms with E-state index >= 15 is 0 Å². The van der Waals surface area contributed by atoms with Crippen molar-refractivity contribution < 1.29 is 4.79 Å². The lowest BCUT2D eigenvalue weighted by Crippen LogP contribution is -2.42. The summed E-state index contributed by atoms with van der Waals surface area (Å²) in [5.41, 5.74) is 3.84. The van der Waals surface area contributed by atoms with E-state index in [0.29, 0.717) is 19.0 Å². The van der Waals surface area contributed by atoms with Crippen LogP contribution in [-0.4, -0.2) is 36.9 Å². The Bertz CT molecular complexity index is 999. The van der Waals surface area contributed by atoms with E-state index in [1.165, 1.54) is 19.3 Å². The Balaban J connectivity index is 1.71. The van der Waals surface area contributed by atoms with Crippen LogP contribution < -0.4 is 0 Å². The normalized spacial score (nSPS) is 15.4. The lowest BCUT2D eigenvalue weighted by Gasteiger charge is -2.36. The summed E-state index contributed by atoms with van der Waals surface area (Å²) in [5.74, 6) is 0.227. The third-order valence-electron chi connectivity index (χ3n) is 5.84. The maximum atomic E-state index is 13.4. The Labute approximate surface area is 178 Å². The van der Waals surface area contributed by atoms with Crippen molar-refractivity contribution in [3.05, 3.63) is 48.2 Å². The smallest absolute Gasteiger partial charge is 0.223 e.